The number of halogens is 3. The van der Waals surface area contributed by atoms with E-state index in [4.69, 9.17) is 0 Å². The van der Waals surface area contributed by atoms with Gasteiger partial charge in [0, 0.05) is 27.1 Å². The summed E-state index contributed by atoms with van der Waals surface area (Å²) in [5, 5.41) is 4.50. The molecule has 1 aliphatic heterocycles. The Hall–Kier alpha value is 0.220. The molecule has 1 nitrogen and oxygen atoms in total. The van der Waals surface area contributed by atoms with Gasteiger partial charge in [-0.25, -0.2) is 8.78 Å². The van der Waals surface area contributed by atoms with E-state index in [1.165, 1.54) is 12.1 Å². The zero-order valence-electron chi connectivity index (χ0n) is 12.3. The molecule has 0 amide bonds. The van der Waals surface area contributed by atoms with Crippen molar-refractivity contribution in [2.24, 2.45) is 0 Å². The summed E-state index contributed by atoms with van der Waals surface area (Å²) in [5.41, 5.74) is 0.158. The summed E-state index contributed by atoms with van der Waals surface area (Å²) in [6.07, 6.45) is 0. The van der Waals surface area contributed by atoms with Gasteiger partial charge in [-0.05, 0) is 34.6 Å². The molecule has 118 valence electrons. The van der Waals surface area contributed by atoms with Crippen LogP contribution in [0.1, 0.15) is 32.4 Å². The summed E-state index contributed by atoms with van der Waals surface area (Å²) in [4.78, 5) is 0. The number of rotatable bonds is 4. The molecule has 4 unspecified atom stereocenters. The maximum absolute atomic E-state index is 14.4. The molecule has 1 heterocycles. The molecule has 0 spiro atoms. The number of hydrogen-bond acceptors (Lipinski definition) is 3. The molecule has 0 saturated carbocycles. The Morgan fingerprint density at radius 1 is 1.33 bits per heavy atom. The first-order chi connectivity index (χ1) is 9.95. The maximum Gasteiger partial charge on any atom is 0.145 e. The van der Waals surface area contributed by atoms with Crippen molar-refractivity contribution in [1.29, 1.82) is 0 Å². The third-order valence-electron chi connectivity index (χ3n) is 3.76. The van der Waals surface area contributed by atoms with Crippen LogP contribution in [0.2, 0.25) is 0 Å². The Bertz CT molecular complexity index is 501. The van der Waals surface area contributed by atoms with Crippen LogP contribution in [0.3, 0.4) is 0 Å². The molecule has 1 saturated heterocycles. The quantitative estimate of drug-likeness (QED) is 0.719. The summed E-state index contributed by atoms with van der Waals surface area (Å²) >= 11 is 6.87. The molecule has 6 heteroatoms. The third-order valence-corrected chi connectivity index (χ3v) is 7.87. The molecule has 0 aromatic heterocycles. The Balaban J connectivity index is 2.33. The molecule has 1 aromatic rings. The normalized spacial score (nSPS) is 27.6. The van der Waals surface area contributed by atoms with Gasteiger partial charge in [-0.2, -0.15) is 23.5 Å². The van der Waals surface area contributed by atoms with Crippen LogP contribution in [0.15, 0.2) is 16.6 Å². The minimum Gasteiger partial charge on any atom is -0.309 e. The molecule has 1 fully saturated rings. The Labute approximate surface area is 142 Å². The zero-order valence-corrected chi connectivity index (χ0v) is 15.5. The second-order valence-electron chi connectivity index (χ2n) is 5.21. The van der Waals surface area contributed by atoms with Gasteiger partial charge in [0.15, 0.2) is 0 Å². The Kier molecular flexibility index (Phi) is 6.41. The van der Waals surface area contributed by atoms with Crippen molar-refractivity contribution in [2.75, 3.05) is 12.3 Å². The topological polar surface area (TPSA) is 12.0 Å². The monoisotopic (exact) mass is 395 g/mol. The standard InChI is InChI=1S/C15H20BrF2NS2/c1-4-19-15(12-7-20-8(2)9(3)21-12)13-11(17)6-5-10(16)14(13)18/h5-6,8-9,12,15,19H,4,7H2,1-3H3. The van der Waals surface area contributed by atoms with Crippen molar-refractivity contribution in [3.8, 4) is 0 Å². The van der Waals surface area contributed by atoms with Gasteiger partial charge in [0.05, 0.1) is 10.5 Å². The lowest BCUT2D eigenvalue weighted by atomic mass is 10.0. The van der Waals surface area contributed by atoms with Gasteiger partial charge < -0.3 is 5.32 Å². The lowest BCUT2D eigenvalue weighted by Gasteiger charge is -2.36. The van der Waals surface area contributed by atoms with Crippen molar-refractivity contribution >= 4 is 39.5 Å². The highest BCUT2D eigenvalue weighted by Crippen LogP contribution is 2.42. The third kappa shape index (κ3) is 3.95. The minimum atomic E-state index is -0.488. The molecular weight excluding hydrogens is 376 g/mol. The molecule has 1 aliphatic rings. The van der Waals surface area contributed by atoms with E-state index >= 15 is 0 Å². The highest BCUT2D eigenvalue weighted by Gasteiger charge is 2.34. The summed E-state index contributed by atoms with van der Waals surface area (Å²) in [6.45, 7) is 7.04. The fourth-order valence-electron chi connectivity index (χ4n) is 2.45. The van der Waals surface area contributed by atoms with Gasteiger partial charge in [0.2, 0.25) is 0 Å². The van der Waals surface area contributed by atoms with E-state index < -0.39 is 11.6 Å². The van der Waals surface area contributed by atoms with Crippen molar-refractivity contribution in [3.05, 3.63) is 33.8 Å². The van der Waals surface area contributed by atoms with Crippen molar-refractivity contribution in [3.63, 3.8) is 0 Å². The highest BCUT2D eigenvalue weighted by molar-refractivity contribution is 9.10. The van der Waals surface area contributed by atoms with E-state index in [2.05, 4.69) is 35.1 Å². The Morgan fingerprint density at radius 3 is 2.67 bits per heavy atom. The first kappa shape index (κ1) is 17.6. The lowest BCUT2D eigenvalue weighted by molar-refractivity contribution is 0.470. The Morgan fingerprint density at radius 2 is 2.05 bits per heavy atom. The predicted octanol–water partition coefficient (Wildman–Crippen LogP) is 5.00. The lowest BCUT2D eigenvalue weighted by Crippen LogP contribution is -2.38. The van der Waals surface area contributed by atoms with Crippen LogP contribution in [-0.4, -0.2) is 28.0 Å². The van der Waals surface area contributed by atoms with Crippen LogP contribution in [-0.2, 0) is 0 Å². The molecule has 4 atom stereocenters. The maximum atomic E-state index is 14.4. The predicted molar refractivity (Wildman–Crippen MR) is 93.2 cm³/mol. The fourth-order valence-corrected chi connectivity index (χ4v) is 5.89. The van der Waals surface area contributed by atoms with E-state index in [0.717, 1.165) is 5.75 Å². The molecule has 1 N–H and O–H groups in total. The van der Waals surface area contributed by atoms with Gasteiger partial charge in [-0.3, -0.25) is 0 Å². The second kappa shape index (κ2) is 7.66. The molecule has 0 aliphatic carbocycles. The summed E-state index contributed by atoms with van der Waals surface area (Å²) in [7, 11) is 0. The second-order valence-corrected chi connectivity index (χ2v) is 9.10. The number of thioether (sulfide) groups is 2. The van der Waals surface area contributed by atoms with Crippen LogP contribution in [0.25, 0.3) is 0 Å². The molecule has 1 aromatic carbocycles. The highest BCUT2D eigenvalue weighted by atomic mass is 79.9. The van der Waals surface area contributed by atoms with Crippen LogP contribution < -0.4 is 5.32 Å². The zero-order chi connectivity index (χ0) is 15.6. The van der Waals surface area contributed by atoms with Crippen LogP contribution in [0.5, 0.6) is 0 Å². The van der Waals surface area contributed by atoms with Crippen LogP contribution in [0.4, 0.5) is 8.78 Å². The molecule has 0 bridgehead atoms. The van der Waals surface area contributed by atoms with Crippen molar-refractivity contribution in [1.82, 2.24) is 5.32 Å². The van der Waals surface area contributed by atoms with Crippen molar-refractivity contribution < 1.29 is 8.78 Å². The van der Waals surface area contributed by atoms with Gasteiger partial charge in [0.25, 0.3) is 0 Å². The smallest absolute Gasteiger partial charge is 0.145 e. The average Bonchev–Trinajstić information content (AvgIpc) is 2.45. The summed E-state index contributed by atoms with van der Waals surface area (Å²) in [5.74, 6) is -0.0597. The van der Waals surface area contributed by atoms with Crippen molar-refractivity contribution in [2.45, 2.75) is 42.6 Å². The molecular formula is C15H20BrF2NS2. The van der Waals surface area contributed by atoms with E-state index in [0.29, 0.717) is 21.5 Å². The van der Waals surface area contributed by atoms with Gasteiger partial charge in [0.1, 0.15) is 11.6 Å². The largest absolute Gasteiger partial charge is 0.309 e. The van der Waals surface area contributed by atoms with Crippen LogP contribution >= 0.6 is 39.5 Å². The minimum absolute atomic E-state index is 0.158. The first-order valence-corrected chi connectivity index (χ1v) is 9.88. The first-order valence-electron chi connectivity index (χ1n) is 7.09. The molecule has 0 radical (unpaired) electrons. The fraction of sp³-hybridized carbons (Fsp3) is 0.600. The molecule has 2 rings (SSSR count). The van der Waals surface area contributed by atoms with E-state index in [9.17, 15) is 8.78 Å². The number of benzene rings is 1. The van der Waals surface area contributed by atoms with Gasteiger partial charge in [-0.15, -0.1) is 0 Å². The van der Waals surface area contributed by atoms with E-state index in [-0.39, 0.29) is 16.9 Å². The SMILES string of the molecule is CCNC(c1c(F)ccc(Br)c1F)C1CSC(C)C(C)S1. The summed E-state index contributed by atoms with van der Waals surface area (Å²) < 4.78 is 29.0. The van der Waals surface area contributed by atoms with E-state index in [1.807, 2.05) is 30.4 Å². The van der Waals surface area contributed by atoms with Gasteiger partial charge >= 0.3 is 0 Å². The average molecular weight is 396 g/mol. The molecule has 21 heavy (non-hydrogen) atoms. The van der Waals surface area contributed by atoms with E-state index in [1.54, 1.807) is 0 Å². The van der Waals surface area contributed by atoms with Crippen LogP contribution in [0, 0.1) is 11.6 Å². The summed E-state index contributed by atoms with van der Waals surface area (Å²) in [6, 6.07) is 2.45. The number of hydrogen-bond donors (Lipinski definition) is 1. The van der Waals surface area contributed by atoms with Gasteiger partial charge in [-0.1, -0.05) is 20.8 Å². The number of nitrogens with one attached hydrogen (secondary N) is 1.